The Bertz CT molecular complexity index is 391. The Morgan fingerprint density at radius 3 is 2.67 bits per heavy atom. The number of hydrogen-bond acceptors (Lipinski definition) is 2. The molecule has 1 fully saturated rings. The molecule has 0 amide bonds. The molecule has 0 heterocycles. The second-order valence-electron chi connectivity index (χ2n) is 5.01. The summed E-state index contributed by atoms with van der Waals surface area (Å²) in [4.78, 5) is 0. The first-order valence-electron chi connectivity index (χ1n) is 6.62. The van der Waals surface area contributed by atoms with Gasteiger partial charge in [-0.3, -0.25) is 0 Å². The van der Waals surface area contributed by atoms with Gasteiger partial charge in [0.15, 0.2) is 0 Å². The van der Waals surface area contributed by atoms with Gasteiger partial charge in [-0.05, 0) is 52.9 Å². The summed E-state index contributed by atoms with van der Waals surface area (Å²) in [6, 6.07) is 6.31. The molecule has 0 spiro atoms. The summed E-state index contributed by atoms with van der Waals surface area (Å²) in [5.41, 5.74) is 7.01. The lowest BCUT2D eigenvalue weighted by molar-refractivity contribution is 0.320. The lowest BCUT2D eigenvalue weighted by atomic mass is 9.84. The molecular weight excluding hydrogens is 312 g/mol. The zero-order valence-corrected chi connectivity index (χ0v) is 12.8. The number of hydrogen-bond donors (Lipinski definition) is 2. The summed E-state index contributed by atoms with van der Waals surface area (Å²) in [7, 11) is 0. The molecule has 1 aromatic carbocycles. The second kappa shape index (κ2) is 6.78. The van der Waals surface area contributed by atoms with Crippen LogP contribution in [0.2, 0.25) is 5.02 Å². The van der Waals surface area contributed by atoms with Crippen LogP contribution in [0, 0.1) is 5.92 Å². The average molecular weight is 332 g/mol. The van der Waals surface area contributed by atoms with Crippen molar-refractivity contribution >= 4 is 33.2 Å². The molecule has 2 nitrogen and oxygen atoms in total. The first-order chi connectivity index (χ1) is 8.70. The Kier molecular flexibility index (Phi) is 5.34. The summed E-state index contributed by atoms with van der Waals surface area (Å²) in [6.45, 7) is 0.685. The van der Waals surface area contributed by atoms with Crippen LogP contribution < -0.4 is 11.1 Å². The molecule has 100 valence electrons. The zero-order valence-electron chi connectivity index (χ0n) is 10.5. The summed E-state index contributed by atoms with van der Waals surface area (Å²) in [6.07, 6.45) is 6.65. The average Bonchev–Trinajstić information content (AvgIpc) is 2.41. The van der Waals surface area contributed by atoms with E-state index >= 15 is 0 Å². The molecule has 1 saturated carbocycles. The Morgan fingerprint density at radius 2 is 2.06 bits per heavy atom. The third-order valence-corrected chi connectivity index (χ3v) is 4.96. The summed E-state index contributed by atoms with van der Waals surface area (Å²) >= 11 is 9.45. The maximum atomic E-state index is 6.00. The topological polar surface area (TPSA) is 38.0 Å². The number of rotatable bonds is 4. The van der Waals surface area contributed by atoms with Crippen molar-refractivity contribution in [1.29, 1.82) is 0 Å². The summed E-state index contributed by atoms with van der Waals surface area (Å²) < 4.78 is 0.925. The molecule has 0 bridgehead atoms. The van der Waals surface area contributed by atoms with Crippen molar-refractivity contribution in [3.05, 3.63) is 27.7 Å². The van der Waals surface area contributed by atoms with E-state index in [0.717, 1.165) is 15.2 Å². The predicted molar refractivity (Wildman–Crippen MR) is 82.2 cm³/mol. The number of nitrogens with two attached hydrogens (primary N) is 1. The molecule has 18 heavy (non-hydrogen) atoms. The fourth-order valence-corrected chi connectivity index (χ4v) is 3.20. The molecule has 2 rings (SSSR count). The molecule has 0 aliphatic heterocycles. The van der Waals surface area contributed by atoms with Crippen molar-refractivity contribution in [1.82, 2.24) is 0 Å². The lowest BCUT2D eigenvalue weighted by Gasteiger charge is -2.30. The zero-order chi connectivity index (χ0) is 13.0. The van der Waals surface area contributed by atoms with Gasteiger partial charge in [0, 0.05) is 22.7 Å². The van der Waals surface area contributed by atoms with Crippen molar-refractivity contribution in [3.8, 4) is 0 Å². The van der Waals surface area contributed by atoms with E-state index in [0.29, 0.717) is 18.5 Å². The predicted octanol–water partition coefficient (Wildman–Crippen LogP) is 4.42. The van der Waals surface area contributed by atoms with Crippen LogP contribution in [0.4, 0.5) is 5.69 Å². The van der Waals surface area contributed by atoms with Crippen LogP contribution in [0.5, 0.6) is 0 Å². The molecule has 1 aliphatic carbocycles. The van der Waals surface area contributed by atoms with Crippen LogP contribution in [0.3, 0.4) is 0 Å². The summed E-state index contributed by atoms with van der Waals surface area (Å²) in [5.74, 6) is 0.707. The highest BCUT2D eigenvalue weighted by Gasteiger charge is 2.22. The van der Waals surface area contributed by atoms with Gasteiger partial charge >= 0.3 is 0 Å². The first kappa shape index (κ1) is 14.2. The van der Waals surface area contributed by atoms with E-state index in [4.69, 9.17) is 17.3 Å². The standard InChI is InChI=1S/C14H20BrClN2/c15-12-8-11(6-7-13(12)16)18-14(9-17)10-4-2-1-3-5-10/h6-8,10,14,18H,1-5,9,17H2. The fraction of sp³-hybridized carbons (Fsp3) is 0.571. The maximum Gasteiger partial charge on any atom is 0.0549 e. The molecule has 0 radical (unpaired) electrons. The van der Waals surface area contributed by atoms with Crippen molar-refractivity contribution in [3.63, 3.8) is 0 Å². The normalized spacial score (nSPS) is 18.6. The maximum absolute atomic E-state index is 6.00. The number of anilines is 1. The van der Waals surface area contributed by atoms with Crippen LogP contribution in [0.15, 0.2) is 22.7 Å². The molecule has 1 aliphatic rings. The quantitative estimate of drug-likeness (QED) is 0.857. The number of halogens is 2. The monoisotopic (exact) mass is 330 g/mol. The van der Waals surface area contributed by atoms with E-state index in [1.54, 1.807) is 0 Å². The van der Waals surface area contributed by atoms with Crippen LogP contribution in [0.1, 0.15) is 32.1 Å². The highest BCUT2D eigenvalue weighted by molar-refractivity contribution is 9.10. The van der Waals surface area contributed by atoms with E-state index in [1.807, 2.05) is 18.2 Å². The third-order valence-electron chi connectivity index (χ3n) is 3.74. The molecule has 0 aromatic heterocycles. The minimum absolute atomic E-state index is 0.373. The Morgan fingerprint density at radius 1 is 1.33 bits per heavy atom. The Labute approximate surface area is 122 Å². The molecule has 3 N–H and O–H groups in total. The van der Waals surface area contributed by atoms with Crippen molar-refractivity contribution in [2.24, 2.45) is 11.7 Å². The van der Waals surface area contributed by atoms with Gasteiger partial charge in [-0.2, -0.15) is 0 Å². The van der Waals surface area contributed by atoms with Crippen molar-refractivity contribution in [2.45, 2.75) is 38.1 Å². The van der Waals surface area contributed by atoms with E-state index in [9.17, 15) is 0 Å². The SMILES string of the molecule is NCC(Nc1ccc(Cl)c(Br)c1)C1CCCCC1. The number of benzene rings is 1. The first-order valence-corrected chi connectivity index (χ1v) is 7.79. The van der Waals surface area contributed by atoms with Crippen LogP contribution >= 0.6 is 27.5 Å². The van der Waals surface area contributed by atoms with Gasteiger partial charge in [0.05, 0.1) is 5.02 Å². The van der Waals surface area contributed by atoms with Gasteiger partial charge in [-0.25, -0.2) is 0 Å². The van der Waals surface area contributed by atoms with Gasteiger partial charge in [0.25, 0.3) is 0 Å². The van der Waals surface area contributed by atoms with E-state index in [1.165, 1.54) is 32.1 Å². The highest BCUT2D eigenvalue weighted by Crippen LogP contribution is 2.30. The van der Waals surface area contributed by atoms with Crippen molar-refractivity contribution < 1.29 is 0 Å². The van der Waals surface area contributed by atoms with Crippen LogP contribution in [-0.2, 0) is 0 Å². The van der Waals surface area contributed by atoms with E-state index in [2.05, 4.69) is 21.2 Å². The smallest absolute Gasteiger partial charge is 0.0549 e. The molecule has 4 heteroatoms. The molecule has 1 aromatic rings. The minimum atomic E-state index is 0.373. The summed E-state index contributed by atoms with van der Waals surface area (Å²) in [5, 5.41) is 4.29. The Balaban J connectivity index is 2.02. The van der Waals surface area contributed by atoms with E-state index in [-0.39, 0.29) is 0 Å². The van der Waals surface area contributed by atoms with Crippen molar-refractivity contribution in [2.75, 3.05) is 11.9 Å². The van der Waals surface area contributed by atoms with Crippen LogP contribution in [0.25, 0.3) is 0 Å². The molecular formula is C14H20BrClN2. The van der Waals surface area contributed by atoms with E-state index < -0.39 is 0 Å². The molecule has 1 atom stereocenters. The van der Waals surface area contributed by atoms with Gasteiger partial charge in [0.1, 0.15) is 0 Å². The van der Waals surface area contributed by atoms with Gasteiger partial charge in [-0.1, -0.05) is 30.9 Å². The molecule has 0 saturated heterocycles. The number of nitrogens with one attached hydrogen (secondary N) is 1. The molecule has 1 unspecified atom stereocenters. The van der Waals surface area contributed by atoms with Gasteiger partial charge in [-0.15, -0.1) is 0 Å². The minimum Gasteiger partial charge on any atom is -0.381 e. The van der Waals surface area contributed by atoms with Crippen LogP contribution in [-0.4, -0.2) is 12.6 Å². The Hall–Kier alpha value is -0.250. The highest BCUT2D eigenvalue weighted by atomic mass is 79.9. The second-order valence-corrected chi connectivity index (χ2v) is 6.28. The third kappa shape index (κ3) is 3.62. The lowest BCUT2D eigenvalue weighted by Crippen LogP contribution is -2.37. The van der Waals surface area contributed by atoms with Gasteiger partial charge in [0.2, 0.25) is 0 Å². The fourth-order valence-electron chi connectivity index (χ4n) is 2.71. The van der Waals surface area contributed by atoms with Gasteiger partial charge < -0.3 is 11.1 Å². The largest absolute Gasteiger partial charge is 0.381 e.